The van der Waals surface area contributed by atoms with E-state index < -0.39 is 0 Å². The van der Waals surface area contributed by atoms with E-state index in [-0.39, 0.29) is 36.8 Å². The fraction of sp³-hybridized carbons (Fsp3) is 0.562. The number of hydrogen-bond acceptors (Lipinski definition) is 3. The number of nitrogens with zero attached hydrogens (tertiary/aromatic N) is 2. The summed E-state index contributed by atoms with van der Waals surface area (Å²) in [7, 11) is 0. The van der Waals surface area contributed by atoms with Gasteiger partial charge in [-0.3, -0.25) is 4.79 Å². The summed E-state index contributed by atoms with van der Waals surface area (Å²) in [5, 5.41) is 0. The van der Waals surface area contributed by atoms with Gasteiger partial charge in [-0.15, -0.1) is 24.8 Å². The summed E-state index contributed by atoms with van der Waals surface area (Å²) in [5.41, 5.74) is 8.24. The molecule has 0 bridgehead atoms. The maximum atomic E-state index is 12.1. The topological polar surface area (TPSA) is 49.6 Å². The van der Waals surface area contributed by atoms with Gasteiger partial charge in [0.15, 0.2) is 0 Å². The highest BCUT2D eigenvalue weighted by Gasteiger charge is 2.21. The summed E-state index contributed by atoms with van der Waals surface area (Å²) >= 11 is 0. The van der Waals surface area contributed by atoms with Crippen molar-refractivity contribution in [2.75, 3.05) is 31.1 Å². The van der Waals surface area contributed by atoms with Crippen molar-refractivity contribution in [2.45, 2.75) is 32.7 Å². The van der Waals surface area contributed by atoms with E-state index in [2.05, 4.69) is 36.1 Å². The molecule has 126 valence electrons. The Morgan fingerprint density at radius 2 is 1.86 bits per heavy atom. The molecule has 1 atom stereocenters. The Hall–Kier alpha value is -0.970. The third-order valence-corrected chi connectivity index (χ3v) is 3.81. The number of amides is 1. The first kappa shape index (κ1) is 21.0. The van der Waals surface area contributed by atoms with Crippen LogP contribution in [0.4, 0.5) is 5.69 Å². The van der Waals surface area contributed by atoms with Gasteiger partial charge >= 0.3 is 0 Å². The van der Waals surface area contributed by atoms with Crippen LogP contribution in [0.1, 0.15) is 25.3 Å². The van der Waals surface area contributed by atoms with E-state index in [4.69, 9.17) is 5.73 Å². The number of anilines is 1. The quantitative estimate of drug-likeness (QED) is 0.910. The zero-order chi connectivity index (χ0) is 14.5. The second-order valence-corrected chi connectivity index (χ2v) is 5.72. The number of carbonyl (C=O) groups is 1. The van der Waals surface area contributed by atoms with Crippen LogP contribution in [0.5, 0.6) is 0 Å². The van der Waals surface area contributed by atoms with Crippen molar-refractivity contribution in [3.63, 3.8) is 0 Å². The Bertz CT molecular complexity index is 460. The van der Waals surface area contributed by atoms with Crippen molar-refractivity contribution in [2.24, 2.45) is 5.73 Å². The Kier molecular flexibility index (Phi) is 9.49. The predicted molar refractivity (Wildman–Crippen MR) is 97.4 cm³/mol. The second kappa shape index (κ2) is 9.93. The molecule has 1 aromatic rings. The minimum Gasteiger partial charge on any atom is -0.368 e. The normalized spacial score (nSPS) is 15.6. The van der Waals surface area contributed by atoms with Crippen LogP contribution < -0.4 is 10.6 Å². The van der Waals surface area contributed by atoms with Gasteiger partial charge in [-0.2, -0.15) is 0 Å². The molecule has 1 heterocycles. The molecule has 1 saturated heterocycles. The number of carbonyl (C=O) groups excluding carboxylic acids is 1. The van der Waals surface area contributed by atoms with E-state index in [0.717, 1.165) is 32.6 Å². The van der Waals surface area contributed by atoms with E-state index in [9.17, 15) is 4.79 Å². The lowest BCUT2D eigenvalue weighted by atomic mass is 10.1. The summed E-state index contributed by atoms with van der Waals surface area (Å²) < 4.78 is 0. The monoisotopic (exact) mass is 347 g/mol. The lowest BCUT2D eigenvalue weighted by Crippen LogP contribution is -2.49. The third kappa shape index (κ3) is 6.03. The van der Waals surface area contributed by atoms with Gasteiger partial charge in [0, 0.05) is 44.3 Å². The van der Waals surface area contributed by atoms with Gasteiger partial charge in [0.1, 0.15) is 0 Å². The van der Waals surface area contributed by atoms with Gasteiger partial charge in [-0.25, -0.2) is 0 Å². The van der Waals surface area contributed by atoms with Crippen LogP contribution in [-0.4, -0.2) is 43.0 Å². The number of rotatable bonds is 4. The van der Waals surface area contributed by atoms with Crippen molar-refractivity contribution < 1.29 is 4.79 Å². The standard InChI is InChI=1S/C16H25N3O.2ClH/c1-13-4-3-5-15(12-13)18-8-10-19(11-9-18)16(20)7-6-14(2)17;;/h3-5,12,14H,6-11,17H2,1-2H3;2*1H. The molecule has 4 nitrogen and oxygen atoms in total. The van der Waals surface area contributed by atoms with Crippen molar-refractivity contribution in [3.05, 3.63) is 29.8 Å². The summed E-state index contributed by atoms with van der Waals surface area (Å²) in [5.74, 6) is 0.242. The number of aryl methyl sites for hydroxylation is 1. The van der Waals surface area contributed by atoms with Crippen LogP contribution in [-0.2, 0) is 4.79 Å². The zero-order valence-electron chi connectivity index (χ0n) is 13.3. The molecule has 0 radical (unpaired) electrons. The minimum absolute atomic E-state index is 0. The molecule has 2 rings (SSSR count). The van der Waals surface area contributed by atoms with Gasteiger partial charge < -0.3 is 15.5 Å². The van der Waals surface area contributed by atoms with Crippen LogP contribution in [0.25, 0.3) is 0 Å². The van der Waals surface area contributed by atoms with Gasteiger partial charge in [-0.1, -0.05) is 12.1 Å². The van der Waals surface area contributed by atoms with Crippen LogP contribution in [0, 0.1) is 6.92 Å². The van der Waals surface area contributed by atoms with E-state index in [1.54, 1.807) is 0 Å². The Morgan fingerprint density at radius 3 is 2.41 bits per heavy atom. The highest BCUT2D eigenvalue weighted by Crippen LogP contribution is 2.18. The average Bonchev–Trinajstić information content (AvgIpc) is 2.45. The Balaban J connectivity index is 0.00000220. The molecule has 22 heavy (non-hydrogen) atoms. The van der Waals surface area contributed by atoms with Crippen molar-refractivity contribution in [1.82, 2.24) is 4.90 Å². The lowest BCUT2D eigenvalue weighted by molar-refractivity contribution is -0.131. The summed E-state index contributed by atoms with van der Waals surface area (Å²) in [4.78, 5) is 16.4. The number of halogens is 2. The van der Waals surface area contributed by atoms with Gasteiger partial charge in [-0.05, 0) is 38.0 Å². The fourth-order valence-electron chi connectivity index (χ4n) is 2.55. The fourth-order valence-corrected chi connectivity index (χ4v) is 2.55. The predicted octanol–water partition coefficient (Wildman–Crippen LogP) is 2.61. The SMILES string of the molecule is Cc1cccc(N2CCN(C(=O)CCC(C)N)CC2)c1.Cl.Cl. The molecule has 1 aliphatic heterocycles. The van der Waals surface area contributed by atoms with Gasteiger partial charge in [0.05, 0.1) is 0 Å². The Morgan fingerprint density at radius 1 is 1.23 bits per heavy atom. The van der Waals surface area contributed by atoms with E-state index in [0.29, 0.717) is 6.42 Å². The number of hydrogen-bond donors (Lipinski definition) is 1. The molecule has 2 N–H and O–H groups in total. The Labute approximate surface area is 145 Å². The summed E-state index contributed by atoms with van der Waals surface area (Å²) in [6, 6.07) is 8.64. The molecular formula is C16H27Cl2N3O. The lowest BCUT2D eigenvalue weighted by Gasteiger charge is -2.36. The summed E-state index contributed by atoms with van der Waals surface area (Å²) in [6.07, 6.45) is 1.35. The zero-order valence-corrected chi connectivity index (χ0v) is 15.0. The molecule has 6 heteroatoms. The highest BCUT2D eigenvalue weighted by molar-refractivity contribution is 5.85. The molecule has 1 amide bonds. The van der Waals surface area contributed by atoms with Crippen molar-refractivity contribution in [3.8, 4) is 0 Å². The molecular weight excluding hydrogens is 321 g/mol. The molecule has 0 aliphatic carbocycles. The average molecular weight is 348 g/mol. The second-order valence-electron chi connectivity index (χ2n) is 5.72. The maximum Gasteiger partial charge on any atom is 0.222 e. The number of nitrogens with two attached hydrogens (primary N) is 1. The van der Waals surface area contributed by atoms with Crippen LogP contribution in [0.2, 0.25) is 0 Å². The number of benzene rings is 1. The molecule has 1 unspecified atom stereocenters. The van der Waals surface area contributed by atoms with E-state index in [1.807, 2.05) is 11.8 Å². The third-order valence-electron chi connectivity index (χ3n) is 3.81. The molecule has 0 saturated carbocycles. The van der Waals surface area contributed by atoms with Crippen molar-refractivity contribution in [1.29, 1.82) is 0 Å². The van der Waals surface area contributed by atoms with E-state index >= 15 is 0 Å². The van der Waals surface area contributed by atoms with Crippen molar-refractivity contribution >= 4 is 36.4 Å². The highest BCUT2D eigenvalue weighted by atomic mass is 35.5. The smallest absolute Gasteiger partial charge is 0.222 e. The molecule has 0 aromatic heterocycles. The van der Waals surface area contributed by atoms with Crippen LogP contribution in [0.15, 0.2) is 24.3 Å². The number of piperazine rings is 1. The van der Waals surface area contributed by atoms with Gasteiger partial charge in [0.25, 0.3) is 0 Å². The first-order valence-corrected chi connectivity index (χ1v) is 7.41. The first-order valence-electron chi connectivity index (χ1n) is 7.41. The van der Waals surface area contributed by atoms with Crippen LogP contribution >= 0.6 is 24.8 Å². The maximum absolute atomic E-state index is 12.1. The summed E-state index contributed by atoms with van der Waals surface area (Å²) in [6.45, 7) is 7.50. The largest absolute Gasteiger partial charge is 0.368 e. The molecule has 1 fully saturated rings. The van der Waals surface area contributed by atoms with E-state index in [1.165, 1.54) is 11.3 Å². The van der Waals surface area contributed by atoms with Gasteiger partial charge in [0.2, 0.25) is 5.91 Å². The molecule has 0 spiro atoms. The van der Waals surface area contributed by atoms with Crippen LogP contribution in [0.3, 0.4) is 0 Å². The molecule has 1 aromatic carbocycles. The first-order chi connectivity index (χ1) is 9.56. The molecule has 1 aliphatic rings. The minimum atomic E-state index is 0.